The normalized spacial score (nSPS) is 12.8. The third kappa shape index (κ3) is 2.65. The van der Waals surface area contributed by atoms with E-state index < -0.39 is 0 Å². The predicted molar refractivity (Wildman–Crippen MR) is 81.7 cm³/mol. The van der Waals surface area contributed by atoms with Gasteiger partial charge in [-0.05, 0) is 47.0 Å². The zero-order valence-corrected chi connectivity index (χ0v) is 13.6. The lowest BCUT2D eigenvalue weighted by atomic mass is 10.0. The first-order chi connectivity index (χ1) is 8.00. The Hall–Kier alpha value is -0.160. The molecule has 1 aromatic heterocycles. The summed E-state index contributed by atoms with van der Waals surface area (Å²) in [5.74, 6) is 0. The Morgan fingerprint density at radius 3 is 2.53 bits per heavy atom. The van der Waals surface area contributed by atoms with Crippen molar-refractivity contribution in [1.82, 2.24) is 0 Å². The molecule has 90 valence electrons. The number of aryl methyl sites for hydroxylation is 2. The van der Waals surface area contributed by atoms with Crippen molar-refractivity contribution in [3.8, 4) is 0 Å². The maximum atomic E-state index is 6.33. The zero-order valence-electron chi connectivity index (χ0n) is 9.63. The van der Waals surface area contributed by atoms with E-state index in [1.54, 1.807) is 11.3 Å². The second kappa shape index (κ2) is 5.22. The largest absolute Gasteiger partial charge is 0.320 e. The fraction of sp³-hybridized carbons (Fsp3) is 0.231. The predicted octanol–water partition coefficient (Wildman–Crippen LogP) is 4.94. The fourth-order valence-corrected chi connectivity index (χ4v) is 3.79. The zero-order chi connectivity index (χ0) is 12.6. The minimum absolute atomic E-state index is 0.0701. The Balaban J connectivity index is 2.43. The molecule has 1 heterocycles. The van der Waals surface area contributed by atoms with Gasteiger partial charge in [0.1, 0.15) is 0 Å². The van der Waals surface area contributed by atoms with Crippen molar-refractivity contribution in [3.05, 3.63) is 54.1 Å². The molecule has 2 rings (SSSR count). The molecule has 0 amide bonds. The van der Waals surface area contributed by atoms with E-state index in [2.05, 4.69) is 63.9 Å². The van der Waals surface area contributed by atoms with Crippen LogP contribution < -0.4 is 5.73 Å². The van der Waals surface area contributed by atoms with Crippen LogP contribution in [0.1, 0.15) is 26.9 Å². The average molecular weight is 375 g/mol. The van der Waals surface area contributed by atoms with Crippen molar-refractivity contribution in [2.45, 2.75) is 19.9 Å². The molecule has 2 aromatic rings. The lowest BCUT2D eigenvalue weighted by Crippen LogP contribution is -2.11. The van der Waals surface area contributed by atoms with Crippen LogP contribution in [0.5, 0.6) is 0 Å². The van der Waals surface area contributed by atoms with Crippen molar-refractivity contribution in [1.29, 1.82) is 0 Å². The Kier molecular flexibility index (Phi) is 4.08. The summed E-state index contributed by atoms with van der Waals surface area (Å²) in [5.41, 5.74) is 8.68. The molecule has 1 nitrogen and oxygen atoms in total. The highest BCUT2D eigenvalue weighted by atomic mass is 79.9. The summed E-state index contributed by atoms with van der Waals surface area (Å²) in [6.07, 6.45) is 0. The van der Waals surface area contributed by atoms with Crippen LogP contribution >= 0.6 is 43.2 Å². The van der Waals surface area contributed by atoms with Crippen LogP contribution in [0.4, 0.5) is 0 Å². The van der Waals surface area contributed by atoms with Crippen LogP contribution in [0.2, 0.25) is 0 Å². The standard InChI is InChI=1S/C13H13Br2NS/c1-7-4-3-5-9(12(7)15)13(16)11-6-10(14)8(2)17-11/h3-6,13H,16H2,1-2H3. The molecule has 0 aliphatic carbocycles. The maximum Gasteiger partial charge on any atom is 0.0657 e. The van der Waals surface area contributed by atoms with Gasteiger partial charge < -0.3 is 5.73 Å². The molecule has 0 aliphatic heterocycles. The number of nitrogens with two attached hydrogens (primary N) is 1. The van der Waals surface area contributed by atoms with E-state index in [4.69, 9.17) is 5.73 Å². The lowest BCUT2D eigenvalue weighted by molar-refractivity contribution is 0.884. The first-order valence-corrected chi connectivity index (χ1v) is 7.67. The number of thiophene rings is 1. The number of halogens is 2. The molecule has 0 aliphatic rings. The Labute approximate surface area is 122 Å². The maximum absolute atomic E-state index is 6.33. The molecule has 2 N–H and O–H groups in total. The molecule has 0 spiro atoms. The number of hydrogen-bond donors (Lipinski definition) is 1. The van der Waals surface area contributed by atoms with E-state index >= 15 is 0 Å². The van der Waals surface area contributed by atoms with Gasteiger partial charge in [0.25, 0.3) is 0 Å². The topological polar surface area (TPSA) is 26.0 Å². The monoisotopic (exact) mass is 373 g/mol. The molecule has 0 fully saturated rings. The second-order valence-corrected chi connectivity index (χ2v) is 6.94. The number of rotatable bonds is 2. The van der Waals surface area contributed by atoms with Gasteiger partial charge in [-0.3, -0.25) is 0 Å². The molecule has 0 saturated heterocycles. The molecule has 17 heavy (non-hydrogen) atoms. The summed E-state index contributed by atoms with van der Waals surface area (Å²) in [6, 6.07) is 8.24. The molecule has 4 heteroatoms. The quantitative estimate of drug-likeness (QED) is 0.791. The van der Waals surface area contributed by atoms with E-state index in [1.165, 1.54) is 15.3 Å². The van der Waals surface area contributed by atoms with E-state index in [0.717, 1.165) is 14.5 Å². The van der Waals surface area contributed by atoms with E-state index in [-0.39, 0.29) is 6.04 Å². The van der Waals surface area contributed by atoms with Crippen molar-refractivity contribution in [2.75, 3.05) is 0 Å². The van der Waals surface area contributed by atoms with Gasteiger partial charge in [-0.25, -0.2) is 0 Å². The van der Waals surface area contributed by atoms with Crippen LogP contribution in [0.25, 0.3) is 0 Å². The van der Waals surface area contributed by atoms with Crippen LogP contribution in [-0.2, 0) is 0 Å². The molecular formula is C13H13Br2NS. The highest BCUT2D eigenvalue weighted by Crippen LogP contribution is 2.35. The summed E-state index contributed by atoms with van der Waals surface area (Å²) in [6.45, 7) is 4.17. The molecule has 1 unspecified atom stereocenters. The summed E-state index contributed by atoms with van der Waals surface area (Å²) in [7, 11) is 0. The van der Waals surface area contributed by atoms with Gasteiger partial charge in [0, 0.05) is 18.7 Å². The smallest absolute Gasteiger partial charge is 0.0657 e. The number of benzene rings is 1. The van der Waals surface area contributed by atoms with Crippen molar-refractivity contribution >= 4 is 43.2 Å². The average Bonchev–Trinajstić information content (AvgIpc) is 2.62. The summed E-state index contributed by atoms with van der Waals surface area (Å²) < 4.78 is 2.24. The van der Waals surface area contributed by atoms with Crippen molar-refractivity contribution < 1.29 is 0 Å². The third-order valence-electron chi connectivity index (χ3n) is 2.74. The Bertz CT molecular complexity index is 529. The van der Waals surface area contributed by atoms with Crippen molar-refractivity contribution in [2.24, 2.45) is 5.73 Å². The first kappa shape index (κ1) is 13.3. The highest BCUT2D eigenvalue weighted by Gasteiger charge is 2.16. The van der Waals surface area contributed by atoms with E-state index in [9.17, 15) is 0 Å². The molecule has 0 radical (unpaired) electrons. The van der Waals surface area contributed by atoms with Crippen LogP contribution in [0.15, 0.2) is 33.2 Å². The molecular weight excluding hydrogens is 362 g/mol. The molecule has 1 aromatic carbocycles. The van der Waals surface area contributed by atoms with Crippen LogP contribution in [0.3, 0.4) is 0 Å². The molecule has 1 atom stereocenters. The van der Waals surface area contributed by atoms with Gasteiger partial charge in [0.2, 0.25) is 0 Å². The lowest BCUT2D eigenvalue weighted by Gasteiger charge is -2.13. The van der Waals surface area contributed by atoms with Gasteiger partial charge in [-0.2, -0.15) is 0 Å². The van der Waals surface area contributed by atoms with E-state index in [1.807, 2.05) is 6.07 Å². The van der Waals surface area contributed by atoms with Crippen molar-refractivity contribution in [3.63, 3.8) is 0 Å². The van der Waals surface area contributed by atoms with Crippen LogP contribution in [0, 0.1) is 13.8 Å². The van der Waals surface area contributed by atoms with Gasteiger partial charge in [0.05, 0.1) is 6.04 Å². The fourth-order valence-electron chi connectivity index (χ4n) is 1.70. The minimum Gasteiger partial charge on any atom is -0.320 e. The highest BCUT2D eigenvalue weighted by molar-refractivity contribution is 9.10. The van der Waals surface area contributed by atoms with E-state index in [0.29, 0.717) is 0 Å². The van der Waals surface area contributed by atoms with Gasteiger partial charge >= 0.3 is 0 Å². The summed E-state index contributed by atoms with van der Waals surface area (Å²) in [4.78, 5) is 2.44. The molecule has 0 bridgehead atoms. The van der Waals surface area contributed by atoms with Gasteiger partial charge in [-0.15, -0.1) is 11.3 Å². The first-order valence-electron chi connectivity index (χ1n) is 5.27. The third-order valence-corrected chi connectivity index (χ3v) is 6.04. The summed E-state index contributed by atoms with van der Waals surface area (Å²) in [5, 5.41) is 0. The van der Waals surface area contributed by atoms with Crippen LogP contribution in [-0.4, -0.2) is 0 Å². The summed E-state index contributed by atoms with van der Waals surface area (Å²) >= 11 is 8.89. The van der Waals surface area contributed by atoms with Gasteiger partial charge in [-0.1, -0.05) is 34.1 Å². The minimum atomic E-state index is -0.0701. The Morgan fingerprint density at radius 1 is 1.24 bits per heavy atom. The number of hydrogen-bond acceptors (Lipinski definition) is 2. The van der Waals surface area contributed by atoms with Gasteiger partial charge in [0.15, 0.2) is 0 Å². The Morgan fingerprint density at radius 2 is 1.94 bits per heavy atom. The molecule has 0 saturated carbocycles. The second-order valence-electron chi connectivity index (χ2n) is 4.01. The SMILES string of the molecule is Cc1cccc(C(N)c2cc(Br)c(C)s2)c1Br.